The minimum atomic E-state index is -4.12. The van der Waals surface area contributed by atoms with Gasteiger partial charge in [-0.25, -0.2) is 0 Å². The topological polar surface area (TPSA) is 60.7 Å². The predicted octanol–water partition coefficient (Wildman–Crippen LogP) is 4.48. The van der Waals surface area contributed by atoms with Crippen molar-refractivity contribution in [2.24, 2.45) is 5.41 Å². The summed E-state index contributed by atoms with van der Waals surface area (Å²) in [7, 11) is -4.12. The molecule has 1 rings (SSSR count). The summed E-state index contributed by atoms with van der Waals surface area (Å²) >= 11 is 0. The molecule has 0 saturated heterocycles. The van der Waals surface area contributed by atoms with Gasteiger partial charge in [0, 0.05) is 11.1 Å². The number of hydrogen-bond acceptors (Lipinski definition) is 3. The number of aliphatic hydroxyl groups excluding tert-OH is 2. The van der Waals surface area contributed by atoms with Crippen molar-refractivity contribution in [1.29, 1.82) is 0 Å². The number of aliphatic hydroxyl groups is 2. The third-order valence-electron chi connectivity index (χ3n) is 2.83. The molecule has 122 valence electrons. The van der Waals surface area contributed by atoms with E-state index in [0.29, 0.717) is 11.1 Å². The fourth-order valence-electron chi connectivity index (χ4n) is 1.74. The van der Waals surface area contributed by atoms with Gasteiger partial charge in [0.15, 0.2) is 0 Å². The number of aromatic hydroxyl groups is 1. The number of benzene rings is 1. The molecule has 0 aliphatic carbocycles. The number of phenols is 1. The highest BCUT2D eigenvalue weighted by Crippen LogP contribution is 2.39. The minimum absolute atomic E-state index is 0.00880. The summed E-state index contributed by atoms with van der Waals surface area (Å²) < 4.78 is 29.2. The zero-order valence-electron chi connectivity index (χ0n) is 12.4. The molecule has 0 fully saturated rings. The molecular weight excluding hydrogens is 304 g/mol. The van der Waals surface area contributed by atoms with E-state index in [9.17, 15) is 17.7 Å². The maximum Gasteiger partial charge on any atom is 0.456 e. The average Bonchev–Trinajstić information content (AvgIpc) is 2.35. The van der Waals surface area contributed by atoms with Crippen molar-refractivity contribution >= 4 is 8.85 Å². The summed E-state index contributed by atoms with van der Waals surface area (Å²) in [5, 5.41) is 28.0. The Morgan fingerprint density at radius 3 is 1.67 bits per heavy atom. The molecule has 0 aromatic heterocycles. The van der Waals surface area contributed by atoms with Gasteiger partial charge in [0.05, 0.1) is 13.2 Å². The third kappa shape index (κ3) is 8.91. The molecule has 0 bridgehead atoms. The summed E-state index contributed by atoms with van der Waals surface area (Å²) in [5.41, 5.74) is 2.27. The Bertz CT molecular complexity index is 406. The quantitative estimate of drug-likeness (QED) is 0.715. The highest BCUT2D eigenvalue weighted by molar-refractivity contribution is 7.40. The van der Waals surface area contributed by atoms with Crippen LogP contribution in [0.1, 0.15) is 43.9 Å². The van der Waals surface area contributed by atoms with Crippen LogP contribution >= 0.6 is 8.85 Å². The van der Waals surface area contributed by atoms with Gasteiger partial charge in [-0.3, -0.25) is 0 Å². The first-order valence-electron chi connectivity index (χ1n) is 6.43. The van der Waals surface area contributed by atoms with E-state index >= 15 is 0 Å². The van der Waals surface area contributed by atoms with Crippen molar-refractivity contribution in [1.82, 2.24) is 0 Å². The van der Waals surface area contributed by atoms with E-state index in [1.165, 1.54) is 0 Å². The van der Waals surface area contributed by atoms with Crippen LogP contribution in [-0.4, -0.2) is 15.3 Å². The molecule has 0 amide bonds. The summed E-state index contributed by atoms with van der Waals surface area (Å²) in [6.45, 7) is 6.11. The lowest BCUT2D eigenvalue weighted by atomic mass is 9.88. The zero-order valence-corrected chi connectivity index (χ0v) is 13.3. The van der Waals surface area contributed by atoms with E-state index in [2.05, 4.69) is 20.8 Å². The Balaban J connectivity index is 0.000000885. The molecule has 0 aliphatic heterocycles. The van der Waals surface area contributed by atoms with Crippen molar-refractivity contribution in [2.75, 3.05) is 0 Å². The molecule has 0 heterocycles. The molecule has 1 aromatic carbocycles. The molecule has 0 saturated carbocycles. The summed E-state index contributed by atoms with van der Waals surface area (Å²) in [4.78, 5) is 0. The van der Waals surface area contributed by atoms with E-state index in [4.69, 9.17) is 10.2 Å². The smallest absolute Gasteiger partial charge is 0.456 e. The highest BCUT2D eigenvalue weighted by Gasteiger charge is 2.13. The second-order valence-electron chi connectivity index (χ2n) is 5.83. The molecule has 0 radical (unpaired) electrons. The van der Waals surface area contributed by atoms with Crippen molar-refractivity contribution in [3.05, 3.63) is 28.8 Å². The second-order valence-corrected chi connectivity index (χ2v) is 6.21. The predicted molar refractivity (Wildman–Crippen MR) is 78.0 cm³/mol. The van der Waals surface area contributed by atoms with Crippen LogP contribution < -0.4 is 0 Å². The van der Waals surface area contributed by atoms with Gasteiger partial charge in [0.2, 0.25) is 0 Å². The number of hydrogen-bond donors (Lipinski definition) is 3. The zero-order chi connectivity index (χ0) is 16.6. The van der Waals surface area contributed by atoms with Crippen molar-refractivity contribution in [2.45, 2.75) is 46.8 Å². The Hall–Kier alpha value is -0.840. The molecule has 1 aromatic rings. The molecule has 21 heavy (non-hydrogen) atoms. The molecular formula is C14H22F3O3P. The van der Waals surface area contributed by atoms with E-state index in [1.54, 1.807) is 12.1 Å². The molecule has 3 nitrogen and oxygen atoms in total. The number of rotatable bonds is 4. The maximum atomic E-state index is 9.73. The average molecular weight is 326 g/mol. The molecule has 0 unspecified atom stereocenters. The molecule has 0 aliphatic rings. The Labute approximate surface area is 124 Å². The van der Waals surface area contributed by atoms with Gasteiger partial charge in [0.25, 0.3) is 0 Å². The lowest BCUT2D eigenvalue weighted by Gasteiger charge is -2.18. The van der Waals surface area contributed by atoms with E-state index in [1.807, 2.05) is 0 Å². The van der Waals surface area contributed by atoms with Crippen LogP contribution in [0, 0.1) is 5.41 Å². The largest absolute Gasteiger partial charge is 0.507 e. The fraction of sp³-hybridized carbons (Fsp3) is 0.571. The molecule has 0 spiro atoms. The first-order chi connectivity index (χ1) is 9.60. The number of aryl methyl sites for hydroxylation is 1. The first-order valence-corrected chi connectivity index (χ1v) is 7.45. The summed E-state index contributed by atoms with van der Waals surface area (Å²) in [5.74, 6) is 0.00880. The van der Waals surface area contributed by atoms with Gasteiger partial charge in [-0.1, -0.05) is 20.8 Å². The van der Waals surface area contributed by atoms with Crippen LogP contribution in [0.5, 0.6) is 5.75 Å². The Kier molecular flexibility index (Phi) is 8.86. The first kappa shape index (κ1) is 20.2. The second kappa shape index (κ2) is 9.23. The normalized spacial score (nSPS) is 11.3. The fourth-order valence-corrected chi connectivity index (χ4v) is 1.74. The third-order valence-corrected chi connectivity index (χ3v) is 2.83. The van der Waals surface area contributed by atoms with Gasteiger partial charge in [-0.15, -0.1) is 0 Å². The van der Waals surface area contributed by atoms with E-state index < -0.39 is 8.85 Å². The van der Waals surface area contributed by atoms with Crippen LogP contribution in [0.3, 0.4) is 0 Å². The standard InChI is InChI=1S/C14H22O3.F3P/c1-14(2,3)5-4-10-6-11(8-15)13(17)12(7-10)9-16;1-4(2)3/h6-7,15-17H,4-5,8-9H2,1-3H3;. The van der Waals surface area contributed by atoms with Crippen molar-refractivity contribution in [3.63, 3.8) is 0 Å². The highest BCUT2D eigenvalue weighted by atomic mass is 31.2. The molecule has 0 atom stereocenters. The van der Waals surface area contributed by atoms with Gasteiger partial charge in [-0.05, 0) is 36.0 Å². The molecule has 7 heteroatoms. The van der Waals surface area contributed by atoms with E-state index in [-0.39, 0.29) is 24.4 Å². The van der Waals surface area contributed by atoms with Gasteiger partial charge in [0.1, 0.15) is 5.75 Å². The van der Waals surface area contributed by atoms with Crippen molar-refractivity contribution in [3.8, 4) is 5.75 Å². The SMILES string of the molecule is CC(C)(C)CCc1cc(CO)c(O)c(CO)c1.FP(F)F. The lowest BCUT2D eigenvalue weighted by Crippen LogP contribution is -2.07. The van der Waals surface area contributed by atoms with Crippen LogP contribution in [0.25, 0.3) is 0 Å². The van der Waals surface area contributed by atoms with Crippen molar-refractivity contribution < 1.29 is 27.9 Å². The van der Waals surface area contributed by atoms with Crippen LogP contribution in [0.4, 0.5) is 12.6 Å². The Morgan fingerprint density at radius 1 is 1.00 bits per heavy atom. The Morgan fingerprint density at radius 2 is 1.38 bits per heavy atom. The molecule has 3 N–H and O–H groups in total. The minimum Gasteiger partial charge on any atom is -0.507 e. The summed E-state index contributed by atoms with van der Waals surface area (Å²) in [6, 6.07) is 3.61. The number of halogens is 3. The van der Waals surface area contributed by atoms with Gasteiger partial charge >= 0.3 is 8.85 Å². The maximum absolute atomic E-state index is 9.73. The monoisotopic (exact) mass is 326 g/mol. The van der Waals surface area contributed by atoms with Crippen LogP contribution in [0.2, 0.25) is 0 Å². The lowest BCUT2D eigenvalue weighted by molar-refractivity contribution is 0.263. The van der Waals surface area contributed by atoms with E-state index in [0.717, 1.165) is 18.4 Å². The van der Waals surface area contributed by atoms with Crippen LogP contribution in [-0.2, 0) is 19.6 Å². The van der Waals surface area contributed by atoms with Crippen LogP contribution in [0.15, 0.2) is 12.1 Å². The van der Waals surface area contributed by atoms with Gasteiger partial charge < -0.3 is 15.3 Å². The van der Waals surface area contributed by atoms with Gasteiger partial charge in [-0.2, -0.15) is 12.6 Å². The summed E-state index contributed by atoms with van der Waals surface area (Å²) in [6.07, 6.45) is 1.90.